The van der Waals surface area contributed by atoms with Crippen LogP contribution in [0.25, 0.3) is 0 Å². The van der Waals surface area contributed by atoms with Gasteiger partial charge < -0.3 is 9.15 Å². The van der Waals surface area contributed by atoms with E-state index < -0.39 is 0 Å². The predicted molar refractivity (Wildman–Crippen MR) is 40.1 cm³/mol. The quantitative estimate of drug-likeness (QED) is 0.650. The van der Waals surface area contributed by atoms with Gasteiger partial charge in [-0.3, -0.25) is 0 Å². The van der Waals surface area contributed by atoms with E-state index in [0.717, 1.165) is 5.76 Å². The van der Waals surface area contributed by atoms with E-state index in [9.17, 15) is 0 Å². The van der Waals surface area contributed by atoms with E-state index in [1.165, 1.54) is 0 Å². The Balaban J connectivity index is 2.27. The van der Waals surface area contributed by atoms with E-state index in [0.29, 0.717) is 13.2 Å². The lowest BCUT2D eigenvalue weighted by Crippen LogP contribution is -2.40. The molecule has 0 aromatic carbocycles. The molecule has 1 aromatic heterocycles. The fraction of sp³-hybridized carbons (Fsp3) is 0.429. The van der Waals surface area contributed by atoms with Crippen LogP contribution in [0, 0.1) is 0 Å². The third-order valence-corrected chi connectivity index (χ3v) is 2.47. The highest BCUT2D eigenvalue weighted by atomic mass is 79.9. The number of alkyl halides is 1. The minimum absolute atomic E-state index is 0.0312. The molecule has 0 radical (unpaired) electrons. The van der Waals surface area contributed by atoms with Crippen molar-refractivity contribution in [2.75, 3.05) is 13.2 Å². The number of ether oxygens (including phenoxy) is 1. The summed E-state index contributed by atoms with van der Waals surface area (Å²) in [6, 6.07) is 3.84. The van der Waals surface area contributed by atoms with Crippen LogP contribution in [0.5, 0.6) is 0 Å². The maximum Gasteiger partial charge on any atom is 0.130 e. The lowest BCUT2D eigenvalue weighted by molar-refractivity contribution is -0.0160. The zero-order valence-electron chi connectivity index (χ0n) is 5.34. The summed E-state index contributed by atoms with van der Waals surface area (Å²) in [6.07, 6.45) is 1.68. The minimum Gasteiger partial charge on any atom is -0.468 e. The summed E-state index contributed by atoms with van der Waals surface area (Å²) < 4.78 is 10.2. The van der Waals surface area contributed by atoms with Crippen LogP contribution < -0.4 is 0 Å². The van der Waals surface area contributed by atoms with Gasteiger partial charge in [-0.15, -0.1) is 0 Å². The van der Waals surface area contributed by atoms with Crippen molar-refractivity contribution in [1.29, 1.82) is 0 Å². The van der Waals surface area contributed by atoms with Gasteiger partial charge in [0, 0.05) is 0 Å². The Labute approximate surface area is 67.3 Å². The fourth-order valence-corrected chi connectivity index (χ4v) is 1.51. The SMILES string of the molecule is BrC1(c2ccco2)COC1. The topological polar surface area (TPSA) is 22.4 Å². The van der Waals surface area contributed by atoms with Gasteiger partial charge >= 0.3 is 0 Å². The van der Waals surface area contributed by atoms with Crippen LogP contribution >= 0.6 is 15.9 Å². The molecule has 1 aromatic rings. The van der Waals surface area contributed by atoms with Gasteiger partial charge in [-0.2, -0.15) is 0 Å². The molecule has 1 aliphatic heterocycles. The van der Waals surface area contributed by atoms with E-state index in [4.69, 9.17) is 9.15 Å². The molecule has 2 nitrogen and oxygen atoms in total. The highest BCUT2D eigenvalue weighted by Crippen LogP contribution is 2.38. The van der Waals surface area contributed by atoms with E-state index in [-0.39, 0.29) is 4.32 Å². The van der Waals surface area contributed by atoms with Crippen molar-refractivity contribution in [2.24, 2.45) is 0 Å². The first-order valence-electron chi connectivity index (χ1n) is 3.12. The van der Waals surface area contributed by atoms with Crippen molar-refractivity contribution in [2.45, 2.75) is 4.32 Å². The first-order valence-corrected chi connectivity index (χ1v) is 3.91. The van der Waals surface area contributed by atoms with Crippen molar-refractivity contribution in [1.82, 2.24) is 0 Å². The monoisotopic (exact) mass is 202 g/mol. The van der Waals surface area contributed by atoms with Crippen LogP contribution in [0.2, 0.25) is 0 Å². The molecule has 1 fully saturated rings. The lowest BCUT2D eigenvalue weighted by Gasteiger charge is -2.33. The number of halogens is 1. The third-order valence-electron chi connectivity index (χ3n) is 1.62. The van der Waals surface area contributed by atoms with Gasteiger partial charge in [0.05, 0.1) is 19.5 Å². The molecule has 0 aliphatic carbocycles. The van der Waals surface area contributed by atoms with Gasteiger partial charge in [-0.1, -0.05) is 15.9 Å². The van der Waals surface area contributed by atoms with Crippen molar-refractivity contribution in [3.8, 4) is 0 Å². The number of furan rings is 1. The molecule has 1 saturated heterocycles. The Kier molecular flexibility index (Phi) is 1.35. The first kappa shape index (κ1) is 6.43. The van der Waals surface area contributed by atoms with Crippen LogP contribution in [-0.2, 0) is 9.06 Å². The summed E-state index contributed by atoms with van der Waals surface area (Å²) in [5, 5.41) is 0. The van der Waals surface area contributed by atoms with Crippen molar-refractivity contribution in [3.63, 3.8) is 0 Å². The molecule has 3 heteroatoms. The maximum atomic E-state index is 5.21. The Bertz CT molecular complexity index is 214. The van der Waals surface area contributed by atoms with E-state index >= 15 is 0 Å². The van der Waals surface area contributed by atoms with Crippen LogP contribution in [-0.4, -0.2) is 13.2 Å². The minimum atomic E-state index is -0.0312. The summed E-state index contributed by atoms with van der Waals surface area (Å²) in [7, 11) is 0. The fourth-order valence-electron chi connectivity index (χ4n) is 0.957. The van der Waals surface area contributed by atoms with Crippen LogP contribution in [0.4, 0.5) is 0 Å². The maximum absolute atomic E-state index is 5.21. The van der Waals surface area contributed by atoms with Crippen LogP contribution in [0.3, 0.4) is 0 Å². The standard InChI is InChI=1S/C7H7BrO2/c8-7(4-9-5-7)6-2-1-3-10-6/h1-3H,4-5H2. The molecular formula is C7H7BrO2. The average Bonchev–Trinajstić information content (AvgIpc) is 2.33. The predicted octanol–water partition coefficient (Wildman–Crippen LogP) is 1.90. The number of rotatable bonds is 1. The highest BCUT2D eigenvalue weighted by molar-refractivity contribution is 9.09. The molecule has 0 amide bonds. The molecule has 0 atom stereocenters. The zero-order valence-corrected chi connectivity index (χ0v) is 6.93. The molecule has 0 unspecified atom stereocenters. The second kappa shape index (κ2) is 2.10. The number of hydrogen-bond donors (Lipinski definition) is 0. The van der Waals surface area contributed by atoms with Gasteiger partial charge in [-0.25, -0.2) is 0 Å². The molecule has 0 spiro atoms. The van der Waals surface area contributed by atoms with E-state index in [1.54, 1.807) is 6.26 Å². The summed E-state index contributed by atoms with van der Waals surface area (Å²) >= 11 is 3.54. The molecule has 10 heavy (non-hydrogen) atoms. The molecule has 0 bridgehead atoms. The average molecular weight is 203 g/mol. The van der Waals surface area contributed by atoms with Gasteiger partial charge in [0.25, 0.3) is 0 Å². The summed E-state index contributed by atoms with van der Waals surface area (Å²) in [5.74, 6) is 0.957. The van der Waals surface area contributed by atoms with Gasteiger partial charge in [0.2, 0.25) is 0 Å². The Hall–Kier alpha value is -0.280. The van der Waals surface area contributed by atoms with Crippen LogP contribution in [0.1, 0.15) is 5.76 Å². The molecular weight excluding hydrogens is 196 g/mol. The molecule has 2 rings (SSSR count). The summed E-state index contributed by atoms with van der Waals surface area (Å²) in [4.78, 5) is 0. The smallest absolute Gasteiger partial charge is 0.130 e. The van der Waals surface area contributed by atoms with E-state index in [1.807, 2.05) is 12.1 Å². The number of hydrogen-bond acceptors (Lipinski definition) is 2. The van der Waals surface area contributed by atoms with Crippen molar-refractivity contribution in [3.05, 3.63) is 24.2 Å². The zero-order chi connectivity index (χ0) is 7.03. The molecule has 0 saturated carbocycles. The van der Waals surface area contributed by atoms with Crippen molar-refractivity contribution >= 4 is 15.9 Å². The highest BCUT2D eigenvalue weighted by Gasteiger charge is 2.40. The van der Waals surface area contributed by atoms with Crippen LogP contribution in [0.15, 0.2) is 22.8 Å². The Morgan fingerprint density at radius 2 is 2.30 bits per heavy atom. The first-order chi connectivity index (χ1) is 4.81. The second-order valence-corrected chi connectivity index (χ2v) is 3.95. The molecule has 1 aliphatic rings. The molecule has 2 heterocycles. The van der Waals surface area contributed by atoms with E-state index in [2.05, 4.69) is 15.9 Å². The second-order valence-electron chi connectivity index (χ2n) is 2.44. The molecule has 0 N–H and O–H groups in total. The Morgan fingerprint density at radius 3 is 2.70 bits per heavy atom. The van der Waals surface area contributed by atoms with Gasteiger partial charge in [0.15, 0.2) is 0 Å². The lowest BCUT2D eigenvalue weighted by atomic mass is 10.1. The van der Waals surface area contributed by atoms with Gasteiger partial charge in [-0.05, 0) is 12.1 Å². The summed E-state index contributed by atoms with van der Waals surface area (Å²) in [6.45, 7) is 1.42. The van der Waals surface area contributed by atoms with Gasteiger partial charge in [0.1, 0.15) is 10.1 Å². The third kappa shape index (κ3) is 0.812. The Morgan fingerprint density at radius 1 is 1.50 bits per heavy atom. The molecule has 54 valence electrons. The largest absolute Gasteiger partial charge is 0.468 e. The van der Waals surface area contributed by atoms with Crippen molar-refractivity contribution < 1.29 is 9.15 Å². The summed E-state index contributed by atoms with van der Waals surface area (Å²) in [5.41, 5.74) is 0. The normalized spacial score (nSPS) is 22.1.